The number of phenols is 1. The molecule has 1 saturated heterocycles. The number of hydrogen-bond donors (Lipinski definition) is 1. The van der Waals surface area contributed by atoms with Crippen molar-refractivity contribution < 1.29 is 5.11 Å². The van der Waals surface area contributed by atoms with Crippen LogP contribution in [0.5, 0.6) is 5.75 Å². The summed E-state index contributed by atoms with van der Waals surface area (Å²) in [5.74, 6) is 0.411. The third-order valence-corrected chi connectivity index (χ3v) is 3.91. The van der Waals surface area contributed by atoms with Crippen molar-refractivity contribution in [3.63, 3.8) is 0 Å². The predicted octanol–water partition coefficient (Wildman–Crippen LogP) is 2.26. The van der Waals surface area contributed by atoms with Gasteiger partial charge in [0, 0.05) is 18.5 Å². The molecule has 3 rings (SSSR count). The maximum Gasteiger partial charge on any atom is 0.115 e. The van der Waals surface area contributed by atoms with E-state index in [4.69, 9.17) is 0 Å². The Morgan fingerprint density at radius 1 is 1.40 bits per heavy atom. The van der Waals surface area contributed by atoms with Gasteiger partial charge in [0.2, 0.25) is 0 Å². The second-order valence-corrected chi connectivity index (χ2v) is 5.22. The number of fused-ring (bicyclic) bond motifs is 4. The van der Waals surface area contributed by atoms with Crippen LogP contribution in [0.2, 0.25) is 0 Å². The van der Waals surface area contributed by atoms with Crippen molar-refractivity contribution in [2.75, 3.05) is 13.1 Å². The van der Waals surface area contributed by atoms with Crippen LogP contribution in [0.3, 0.4) is 0 Å². The van der Waals surface area contributed by atoms with Crippen molar-refractivity contribution >= 4 is 0 Å². The van der Waals surface area contributed by atoms with Crippen LogP contribution in [-0.4, -0.2) is 23.1 Å². The Bertz CT molecular complexity index is 402. The van der Waals surface area contributed by atoms with Crippen LogP contribution >= 0.6 is 0 Å². The van der Waals surface area contributed by atoms with Gasteiger partial charge >= 0.3 is 0 Å². The first kappa shape index (κ1) is 9.22. The van der Waals surface area contributed by atoms with Gasteiger partial charge < -0.3 is 5.11 Å². The van der Waals surface area contributed by atoms with Gasteiger partial charge in [-0.2, -0.15) is 0 Å². The van der Waals surface area contributed by atoms with Crippen molar-refractivity contribution in [2.24, 2.45) is 0 Å². The Morgan fingerprint density at radius 3 is 3.13 bits per heavy atom. The molecule has 15 heavy (non-hydrogen) atoms. The van der Waals surface area contributed by atoms with Crippen LogP contribution in [0.25, 0.3) is 0 Å². The summed E-state index contributed by atoms with van der Waals surface area (Å²) in [5.41, 5.74) is 3.05. The number of benzene rings is 1. The summed E-state index contributed by atoms with van der Waals surface area (Å²) in [4.78, 5) is 2.53. The normalized spacial score (nSPS) is 33.5. The molecular weight excluding hydrogens is 186 g/mol. The number of nitrogens with zero attached hydrogens (tertiary/aromatic N) is 1. The molecule has 0 radical (unpaired) electrons. The predicted molar refractivity (Wildman–Crippen MR) is 60.0 cm³/mol. The zero-order valence-electron chi connectivity index (χ0n) is 9.16. The van der Waals surface area contributed by atoms with Gasteiger partial charge in [-0.25, -0.2) is 0 Å². The Balaban J connectivity index is 2.14. The lowest BCUT2D eigenvalue weighted by Gasteiger charge is -2.46. The molecule has 2 unspecified atom stereocenters. The molecule has 2 nitrogen and oxygen atoms in total. The Hall–Kier alpha value is -1.02. The van der Waals surface area contributed by atoms with E-state index in [2.05, 4.69) is 17.9 Å². The Kier molecular flexibility index (Phi) is 1.84. The van der Waals surface area contributed by atoms with Gasteiger partial charge in [-0.3, -0.25) is 4.90 Å². The smallest absolute Gasteiger partial charge is 0.115 e. The van der Waals surface area contributed by atoms with E-state index in [0.717, 1.165) is 13.1 Å². The first-order valence-corrected chi connectivity index (χ1v) is 5.72. The first-order chi connectivity index (χ1) is 7.17. The second-order valence-electron chi connectivity index (χ2n) is 5.22. The zero-order chi connectivity index (χ0) is 10.5. The standard InChI is InChI=1S/C13H17NO/c1-13-5-2-6-14(9-13)8-10-3-4-11(15)7-12(10)13/h3-4,7,15H,2,5-6,8-9H2,1H3. The van der Waals surface area contributed by atoms with E-state index in [1.807, 2.05) is 12.1 Å². The van der Waals surface area contributed by atoms with Crippen LogP contribution in [-0.2, 0) is 12.0 Å². The van der Waals surface area contributed by atoms with Gasteiger partial charge in [0.15, 0.2) is 0 Å². The minimum Gasteiger partial charge on any atom is -0.508 e. The maximum absolute atomic E-state index is 9.59. The molecule has 2 aliphatic heterocycles. The lowest BCUT2D eigenvalue weighted by Crippen LogP contribution is -2.48. The average Bonchev–Trinajstić information content (AvgIpc) is 2.19. The average molecular weight is 203 g/mol. The van der Waals surface area contributed by atoms with Crippen LogP contribution in [0.15, 0.2) is 18.2 Å². The van der Waals surface area contributed by atoms with E-state index in [1.54, 1.807) is 0 Å². The zero-order valence-corrected chi connectivity index (χ0v) is 9.16. The third-order valence-electron chi connectivity index (χ3n) is 3.91. The molecule has 1 N–H and O–H groups in total. The van der Waals surface area contributed by atoms with E-state index in [1.165, 1.54) is 30.5 Å². The molecule has 0 spiro atoms. The summed E-state index contributed by atoms with van der Waals surface area (Å²) in [5, 5.41) is 9.59. The van der Waals surface area contributed by atoms with Crippen molar-refractivity contribution in [2.45, 2.75) is 31.7 Å². The fourth-order valence-corrected chi connectivity index (χ4v) is 3.20. The monoisotopic (exact) mass is 203 g/mol. The summed E-state index contributed by atoms with van der Waals surface area (Å²) in [7, 11) is 0. The summed E-state index contributed by atoms with van der Waals surface area (Å²) in [6, 6.07) is 5.86. The molecule has 0 amide bonds. The van der Waals surface area contributed by atoms with E-state index < -0.39 is 0 Å². The van der Waals surface area contributed by atoms with Gasteiger partial charge in [0.05, 0.1) is 0 Å². The highest BCUT2D eigenvalue weighted by atomic mass is 16.3. The summed E-state index contributed by atoms with van der Waals surface area (Å²) in [6.45, 7) is 5.78. The Labute approximate surface area is 90.5 Å². The van der Waals surface area contributed by atoms with Gasteiger partial charge in [-0.05, 0) is 42.6 Å². The van der Waals surface area contributed by atoms with Crippen molar-refractivity contribution in [3.05, 3.63) is 29.3 Å². The molecule has 2 bridgehead atoms. The molecule has 2 heterocycles. The largest absolute Gasteiger partial charge is 0.508 e. The molecule has 1 aromatic rings. The molecule has 0 saturated carbocycles. The van der Waals surface area contributed by atoms with Gasteiger partial charge in [0.25, 0.3) is 0 Å². The molecule has 80 valence electrons. The molecule has 0 aliphatic carbocycles. The molecule has 0 aromatic heterocycles. The summed E-state index contributed by atoms with van der Waals surface area (Å²) < 4.78 is 0. The number of hydrogen-bond acceptors (Lipinski definition) is 2. The van der Waals surface area contributed by atoms with Crippen LogP contribution in [0.4, 0.5) is 0 Å². The summed E-state index contributed by atoms with van der Waals surface area (Å²) >= 11 is 0. The lowest BCUT2D eigenvalue weighted by molar-refractivity contribution is 0.129. The number of aromatic hydroxyl groups is 1. The first-order valence-electron chi connectivity index (χ1n) is 5.72. The van der Waals surface area contributed by atoms with E-state index in [0.29, 0.717) is 5.75 Å². The maximum atomic E-state index is 9.59. The third kappa shape index (κ3) is 1.36. The number of phenolic OH excluding ortho intramolecular Hbond substituents is 1. The van der Waals surface area contributed by atoms with Crippen molar-refractivity contribution in [1.29, 1.82) is 0 Å². The van der Waals surface area contributed by atoms with Gasteiger partial charge in [-0.15, -0.1) is 0 Å². The fraction of sp³-hybridized carbons (Fsp3) is 0.538. The lowest BCUT2D eigenvalue weighted by atomic mass is 9.71. The van der Waals surface area contributed by atoms with Crippen LogP contribution in [0, 0.1) is 0 Å². The Morgan fingerprint density at radius 2 is 2.27 bits per heavy atom. The molecule has 1 fully saturated rings. The van der Waals surface area contributed by atoms with E-state index in [9.17, 15) is 5.11 Å². The van der Waals surface area contributed by atoms with Gasteiger partial charge in [0.1, 0.15) is 5.75 Å². The van der Waals surface area contributed by atoms with Gasteiger partial charge in [-0.1, -0.05) is 13.0 Å². The fourth-order valence-electron chi connectivity index (χ4n) is 3.20. The molecule has 2 aliphatic rings. The second kappa shape index (κ2) is 2.99. The number of piperidine rings is 1. The highest BCUT2D eigenvalue weighted by Gasteiger charge is 2.38. The molecule has 2 atom stereocenters. The molecule has 1 aromatic carbocycles. The SMILES string of the molecule is CC12CCCN(Cc3ccc(O)cc31)C2. The van der Waals surface area contributed by atoms with E-state index >= 15 is 0 Å². The quantitative estimate of drug-likeness (QED) is 0.699. The topological polar surface area (TPSA) is 23.5 Å². The summed E-state index contributed by atoms with van der Waals surface area (Å²) in [6.07, 6.45) is 2.53. The highest BCUT2D eigenvalue weighted by Crippen LogP contribution is 2.41. The highest BCUT2D eigenvalue weighted by molar-refractivity contribution is 5.42. The number of rotatable bonds is 0. The minimum absolute atomic E-state index is 0.268. The van der Waals surface area contributed by atoms with Crippen LogP contribution in [0.1, 0.15) is 30.9 Å². The minimum atomic E-state index is 0.268. The molecular formula is C13H17NO. The van der Waals surface area contributed by atoms with Crippen molar-refractivity contribution in [3.8, 4) is 5.75 Å². The molecule has 2 heteroatoms. The van der Waals surface area contributed by atoms with Crippen molar-refractivity contribution in [1.82, 2.24) is 4.90 Å². The van der Waals surface area contributed by atoms with Crippen LogP contribution < -0.4 is 0 Å². The van der Waals surface area contributed by atoms with E-state index in [-0.39, 0.29) is 5.41 Å².